The van der Waals surface area contributed by atoms with Crippen LogP contribution in [0.15, 0.2) is 18.5 Å². The number of hydrogen-bond donors (Lipinski definition) is 0. The molecule has 4 heterocycles. The summed E-state index contributed by atoms with van der Waals surface area (Å²) in [4.78, 5) is 22.2. The van der Waals surface area contributed by atoms with Gasteiger partial charge in [0.15, 0.2) is 0 Å². The van der Waals surface area contributed by atoms with Crippen molar-refractivity contribution in [1.29, 1.82) is 0 Å². The molecule has 0 atom stereocenters. The number of amides is 1. The van der Waals surface area contributed by atoms with Crippen LogP contribution in [0.4, 0.5) is 5.82 Å². The highest BCUT2D eigenvalue weighted by molar-refractivity contribution is 6.01. The van der Waals surface area contributed by atoms with E-state index in [1.54, 1.807) is 4.68 Å². The first-order chi connectivity index (χ1) is 12.7. The van der Waals surface area contributed by atoms with Crippen molar-refractivity contribution in [2.24, 2.45) is 13.0 Å². The van der Waals surface area contributed by atoms with Gasteiger partial charge >= 0.3 is 0 Å². The molecule has 0 unspecified atom stereocenters. The van der Waals surface area contributed by atoms with Crippen LogP contribution in [0.1, 0.15) is 28.8 Å². The molecule has 1 saturated heterocycles. The first-order valence-electron chi connectivity index (χ1n) is 9.34. The molecule has 1 aliphatic carbocycles. The number of fused-ring (bicyclic) bond motifs is 1. The minimum atomic E-state index is 0.147. The number of rotatable bonds is 4. The van der Waals surface area contributed by atoms with E-state index in [0.717, 1.165) is 47.8 Å². The van der Waals surface area contributed by atoms with Gasteiger partial charge in [0, 0.05) is 50.6 Å². The molecule has 26 heavy (non-hydrogen) atoms. The molecule has 0 N–H and O–H groups in total. The Morgan fingerprint density at radius 1 is 1.27 bits per heavy atom. The number of morpholine rings is 1. The SMILES string of the molecule is Cn1cc(-c2nc(N3CCOCC3)cc3c2CN(CC2CC2)C3=O)cn1. The fourth-order valence-electron chi connectivity index (χ4n) is 3.84. The fraction of sp³-hybridized carbons (Fsp3) is 0.526. The zero-order chi connectivity index (χ0) is 17.7. The Bertz CT molecular complexity index is 852. The maximum atomic E-state index is 13.0. The van der Waals surface area contributed by atoms with E-state index < -0.39 is 0 Å². The molecule has 1 saturated carbocycles. The largest absolute Gasteiger partial charge is 0.378 e. The van der Waals surface area contributed by atoms with Crippen LogP contribution in [-0.2, 0) is 18.3 Å². The molecule has 7 nitrogen and oxygen atoms in total. The third-order valence-electron chi connectivity index (χ3n) is 5.47. The normalized spacial score (nSPS) is 20.0. The second-order valence-corrected chi connectivity index (χ2v) is 7.49. The highest BCUT2D eigenvalue weighted by Gasteiger charge is 2.35. The zero-order valence-corrected chi connectivity index (χ0v) is 15.0. The molecule has 0 radical (unpaired) electrons. The maximum absolute atomic E-state index is 13.0. The van der Waals surface area contributed by atoms with Gasteiger partial charge in [0.25, 0.3) is 5.91 Å². The average Bonchev–Trinajstić information content (AvgIpc) is 3.29. The van der Waals surface area contributed by atoms with Gasteiger partial charge in [-0.15, -0.1) is 0 Å². The number of aryl methyl sites for hydroxylation is 1. The first-order valence-corrected chi connectivity index (χ1v) is 9.34. The number of carbonyl (C=O) groups excluding carboxylic acids is 1. The summed E-state index contributed by atoms with van der Waals surface area (Å²) in [6, 6.07) is 1.98. The van der Waals surface area contributed by atoms with Crippen LogP contribution < -0.4 is 4.90 Å². The van der Waals surface area contributed by atoms with Crippen molar-refractivity contribution in [3.63, 3.8) is 0 Å². The van der Waals surface area contributed by atoms with Gasteiger partial charge in [-0.25, -0.2) is 4.98 Å². The summed E-state index contributed by atoms with van der Waals surface area (Å²) in [6.07, 6.45) is 6.29. The Kier molecular flexibility index (Phi) is 3.70. The third kappa shape index (κ3) is 2.76. The Hall–Kier alpha value is -2.41. The molecule has 5 rings (SSSR count). The van der Waals surface area contributed by atoms with Crippen molar-refractivity contribution in [2.45, 2.75) is 19.4 Å². The summed E-state index contributed by atoms with van der Waals surface area (Å²) in [5.74, 6) is 1.70. The summed E-state index contributed by atoms with van der Waals surface area (Å²) in [7, 11) is 1.90. The van der Waals surface area contributed by atoms with Crippen LogP contribution in [0.5, 0.6) is 0 Å². The van der Waals surface area contributed by atoms with Crippen LogP contribution in [-0.4, -0.2) is 58.4 Å². The van der Waals surface area contributed by atoms with Crippen molar-refractivity contribution >= 4 is 11.7 Å². The van der Waals surface area contributed by atoms with E-state index >= 15 is 0 Å². The molecule has 1 amide bonds. The predicted octanol–water partition coefficient (Wildman–Crippen LogP) is 1.68. The summed E-state index contributed by atoms with van der Waals surface area (Å²) >= 11 is 0. The highest BCUT2D eigenvalue weighted by Crippen LogP contribution is 2.37. The Morgan fingerprint density at radius 2 is 2.08 bits per heavy atom. The van der Waals surface area contributed by atoms with Gasteiger partial charge in [0.1, 0.15) is 5.82 Å². The molecule has 7 heteroatoms. The van der Waals surface area contributed by atoms with Crippen LogP contribution in [0, 0.1) is 5.92 Å². The average molecular weight is 353 g/mol. The van der Waals surface area contributed by atoms with Crippen LogP contribution in [0.3, 0.4) is 0 Å². The molecule has 2 fully saturated rings. The third-order valence-corrected chi connectivity index (χ3v) is 5.47. The number of aromatic nitrogens is 3. The molecule has 136 valence electrons. The number of carbonyl (C=O) groups is 1. The van der Waals surface area contributed by atoms with Crippen molar-refractivity contribution in [3.05, 3.63) is 29.6 Å². The van der Waals surface area contributed by atoms with Gasteiger partial charge in [0.2, 0.25) is 0 Å². The summed E-state index contributed by atoms with van der Waals surface area (Å²) in [5.41, 5.74) is 3.71. The molecule has 0 spiro atoms. The maximum Gasteiger partial charge on any atom is 0.254 e. The van der Waals surface area contributed by atoms with Gasteiger partial charge in [-0.05, 0) is 24.8 Å². The van der Waals surface area contributed by atoms with Gasteiger partial charge in [-0.1, -0.05) is 0 Å². The number of nitrogens with zero attached hydrogens (tertiary/aromatic N) is 5. The van der Waals surface area contributed by atoms with E-state index in [1.165, 1.54) is 12.8 Å². The number of hydrogen-bond acceptors (Lipinski definition) is 5. The van der Waals surface area contributed by atoms with Crippen LogP contribution in [0.2, 0.25) is 0 Å². The Labute approximate surface area is 152 Å². The van der Waals surface area contributed by atoms with Gasteiger partial charge < -0.3 is 14.5 Å². The monoisotopic (exact) mass is 353 g/mol. The molecule has 0 aromatic carbocycles. The lowest BCUT2D eigenvalue weighted by molar-refractivity contribution is 0.0771. The fourth-order valence-corrected chi connectivity index (χ4v) is 3.84. The number of anilines is 1. The lowest BCUT2D eigenvalue weighted by Crippen LogP contribution is -2.37. The standard InChI is InChI=1S/C19H23N5O2/c1-22-11-14(9-20-22)18-16-12-24(10-13-2-3-13)19(25)15(16)8-17(21-18)23-4-6-26-7-5-23/h8-9,11,13H,2-7,10,12H2,1H3. The summed E-state index contributed by atoms with van der Waals surface area (Å²) < 4.78 is 7.24. The minimum absolute atomic E-state index is 0.147. The Morgan fingerprint density at radius 3 is 2.77 bits per heavy atom. The lowest BCUT2D eigenvalue weighted by Gasteiger charge is -2.28. The molecule has 2 aliphatic heterocycles. The predicted molar refractivity (Wildman–Crippen MR) is 96.9 cm³/mol. The van der Waals surface area contributed by atoms with E-state index in [9.17, 15) is 4.79 Å². The summed E-state index contributed by atoms with van der Waals surface area (Å²) in [6.45, 7) is 4.53. The van der Waals surface area contributed by atoms with Gasteiger partial charge in [-0.2, -0.15) is 5.10 Å². The molecule has 2 aromatic heterocycles. The second-order valence-electron chi connectivity index (χ2n) is 7.49. The van der Waals surface area contributed by atoms with Crippen molar-refractivity contribution in [1.82, 2.24) is 19.7 Å². The zero-order valence-electron chi connectivity index (χ0n) is 15.0. The van der Waals surface area contributed by atoms with Gasteiger partial charge in [0.05, 0.1) is 30.7 Å². The Balaban J connectivity index is 1.57. The second kappa shape index (κ2) is 6.09. The molecular formula is C19H23N5O2. The van der Waals surface area contributed by atoms with E-state index in [1.807, 2.05) is 30.4 Å². The van der Waals surface area contributed by atoms with E-state index in [0.29, 0.717) is 25.7 Å². The van der Waals surface area contributed by atoms with Crippen LogP contribution in [0.25, 0.3) is 11.3 Å². The molecular weight excluding hydrogens is 330 g/mol. The lowest BCUT2D eigenvalue weighted by atomic mass is 10.0. The molecule has 0 bridgehead atoms. The van der Waals surface area contributed by atoms with Crippen molar-refractivity contribution in [3.8, 4) is 11.3 Å². The van der Waals surface area contributed by atoms with E-state index in [4.69, 9.17) is 9.72 Å². The van der Waals surface area contributed by atoms with E-state index in [2.05, 4.69) is 10.00 Å². The van der Waals surface area contributed by atoms with Gasteiger partial charge in [-0.3, -0.25) is 9.48 Å². The quantitative estimate of drug-likeness (QED) is 0.837. The number of pyridine rings is 1. The summed E-state index contributed by atoms with van der Waals surface area (Å²) in [5, 5.41) is 4.30. The highest BCUT2D eigenvalue weighted by atomic mass is 16.5. The molecule has 2 aromatic rings. The molecule has 3 aliphatic rings. The topological polar surface area (TPSA) is 63.5 Å². The minimum Gasteiger partial charge on any atom is -0.378 e. The van der Waals surface area contributed by atoms with Crippen molar-refractivity contribution in [2.75, 3.05) is 37.7 Å². The first kappa shape index (κ1) is 15.8. The van der Waals surface area contributed by atoms with Crippen molar-refractivity contribution < 1.29 is 9.53 Å². The van der Waals surface area contributed by atoms with Crippen LogP contribution >= 0.6 is 0 Å². The van der Waals surface area contributed by atoms with E-state index in [-0.39, 0.29) is 5.91 Å². The smallest absolute Gasteiger partial charge is 0.254 e. The number of ether oxygens (including phenoxy) is 1.